The van der Waals surface area contributed by atoms with Crippen LogP contribution < -0.4 is 0 Å². The van der Waals surface area contributed by atoms with Gasteiger partial charge in [0.25, 0.3) is 5.69 Å². The Morgan fingerprint density at radius 2 is 2.00 bits per heavy atom. The first-order chi connectivity index (χ1) is 6.86. The molecular weight excluding hydrogens is 264 g/mol. The second-order valence-electron chi connectivity index (χ2n) is 2.75. The molecule has 0 heterocycles. The zero-order valence-electron chi connectivity index (χ0n) is 7.28. The Labute approximate surface area is 101 Å². The summed E-state index contributed by atoms with van der Waals surface area (Å²) in [4.78, 5) is 9.90. The first-order valence-corrected chi connectivity index (χ1v) is 4.95. The molecule has 1 N–H and O–H groups in total. The first-order valence-electron chi connectivity index (χ1n) is 3.81. The Kier molecular flexibility index (Phi) is 3.78. The van der Waals surface area contributed by atoms with E-state index in [1.165, 1.54) is 12.1 Å². The van der Waals surface area contributed by atoms with Crippen LogP contribution in [0.4, 0.5) is 5.69 Å². The smallest absolute Gasteiger partial charge is 0.269 e. The predicted octanol–water partition coefficient (Wildman–Crippen LogP) is 2.91. The Bertz CT molecular complexity index is 389. The molecule has 0 fully saturated rings. The average Bonchev–Trinajstić information content (AvgIpc) is 2.15. The standard InChI is InChI=1S/C8H6Cl3NO3/c9-8(10,11)7-3-6(12(14)15)2-1-5(7)4-13/h1-3,13H,4H2. The minimum Gasteiger partial charge on any atom is -0.392 e. The molecule has 0 aromatic heterocycles. The van der Waals surface area contributed by atoms with Crippen molar-refractivity contribution >= 4 is 40.5 Å². The number of hydrogen-bond acceptors (Lipinski definition) is 3. The van der Waals surface area contributed by atoms with Crippen LogP contribution >= 0.6 is 34.8 Å². The van der Waals surface area contributed by atoms with E-state index in [0.29, 0.717) is 5.56 Å². The molecule has 82 valence electrons. The molecule has 1 aromatic carbocycles. The number of non-ortho nitro benzene ring substituents is 1. The summed E-state index contributed by atoms with van der Waals surface area (Å²) in [5.41, 5.74) is 0.276. The van der Waals surface area contributed by atoms with E-state index in [-0.39, 0.29) is 17.9 Å². The lowest BCUT2D eigenvalue weighted by Gasteiger charge is -2.14. The van der Waals surface area contributed by atoms with E-state index in [2.05, 4.69) is 0 Å². The van der Waals surface area contributed by atoms with Crippen molar-refractivity contribution in [2.24, 2.45) is 0 Å². The number of halogens is 3. The van der Waals surface area contributed by atoms with Crippen molar-refractivity contribution < 1.29 is 10.0 Å². The normalized spacial score (nSPS) is 11.5. The van der Waals surface area contributed by atoms with Gasteiger partial charge in [-0.05, 0) is 11.6 Å². The van der Waals surface area contributed by atoms with Gasteiger partial charge in [-0.3, -0.25) is 10.1 Å². The van der Waals surface area contributed by atoms with E-state index in [0.717, 1.165) is 6.07 Å². The van der Waals surface area contributed by atoms with E-state index in [1.807, 2.05) is 0 Å². The molecule has 0 aliphatic carbocycles. The number of rotatable bonds is 2. The average molecular weight is 270 g/mol. The topological polar surface area (TPSA) is 63.4 Å². The van der Waals surface area contributed by atoms with Crippen LogP contribution in [-0.2, 0) is 10.4 Å². The van der Waals surface area contributed by atoms with Crippen molar-refractivity contribution in [3.8, 4) is 0 Å². The molecule has 0 atom stereocenters. The monoisotopic (exact) mass is 269 g/mol. The highest BCUT2D eigenvalue weighted by Crippen LogP contribution is 2.41. The number of nitro benzene ring substituents is 1. The van der Waals surface area contributed by atoms with Crippen molar-refractivity contribution in [3.63, 3.8) is 0 Å². The van der Waals surface area contributed by atoms with E-state index >= 15 is 0 Å². The molecule has 0 unspecified atom stereocenters. The van der Waals surface area contributed by atoms with Crippen molar-refractivity contribution in [1.29, 1.82) is 0 Å². The second kappa shape index (κ2) is 4.53. The highest BCUT2D eigenvalue weighted by atomic mass is 35.6. The summed E-state index contributed by atoms with van der Waals surface area (Å²) < 4.78 is -1.79. The molecule has 0 spiro atoms. The number of hydrogen-bond donors (Lipinski definition) is 1. The van der Waals surface area contributed by atoms with Crippen molar-refractivity contribution in [1.82, 2.24) is 0 Å². The van der Waals surface area contributed by atoms with Crippen LogP contribution in [0.1, 0.15) is 11.1 Å². The SMILES string of the molecule is O=[N+]([O-])c1ccc(CO)c(C(Cl)(Cl)Cl)c1. The third kappa shape index (κ3) is 2.95. The highest BCUT2D eigenvalue weighted by molar-refractivity contribution is 6.66. The number of aliphatic hydroxyl groups excluding tert-OH is 1. The van der Waals surface area contributed by atoms with Crippen molar-refractivity contribution in [2.45, 2.75) is 10.4 Å². The van der Waals surface area contributed by atoms with Gasteiger partial charge in [-0.15, -0.1) is 0 Å². The molecule has 0 radical (unpaired) electrons. The molecule has 4 nitrogen and oxygen atoms in total. The Hall–Kier alpha value is -0.550. The quantitative estimate of drug-likeness (QED) is 0.510. The zero-order chi connectivity index (χ0) is 11.6. The minimum absolute atomic E-state index is 0.115. The van der Waals surface area contributed by atoms with Crippen molar-refractivity contribution in [3.05, 3.63) is 39.4 Å². The summed E-state index contributed by atoms with van der Waals surface area (Å²) in [6, 6.07) is 3.74. The van der Waals surface area contributed by atoms with Gasteiger partial charge in [0.15, 0.2) is 0 Å². The Morgan fingerprint density at radius 3 is 2.40 bits per heavy atom. The lowest BCUT2D eigenvalue weighted by molar-refractivity contribution is -0.384. The molecule has 0 aliphatic rings. The van der Waals surface area contributed by atoms with Gasteiger partial charge in [-0.1, -0.05) is 34.8 Å². The molecule has 0 bridgehead atoms. The van der Waals surface area contributed by atoms with Gasteiger partial charge < -0.3 is 5.11 Å². The van der Waals surface area contributed by atoms with Crippen LogP contribution in [0.3, 0.4) is 0 Å². The van der Waals surface area contributed by atoms with Gasteiger partial charge in [-0.2, -0.15) is 0 Å². The van der Waals surface area contributed by atoms with E-state index in [9.17, 15) is 10.1 Å². The summed E-state index contributed by atoms with van der Waals surface area (Å²) in [7, 11) is 0. The van der Waals surface area contributed by atoms with E-state index in [4.69, 9.17) is 39.9 Å². The molecule has 0 aliphatic heterocycles. The summed E-state index contributed by atoms with van der Waals surface area (Å²) in [5.74, 6) is 0. The minimum atomic E-state index is -1.79. The van der Waals surface area contributed by atoms with Crippen LogP contribution in [0.2, 0.25) is 0 Å². The highest BCUT2D eigenvalue weighted by Gasteiger charge is 2.27. The number of nitro groups is 1. The molecule has 7 heteroatoms. The third-order valence-corrected chi connectivity index (χ3v) is 2.39. The molecule has 0 saturated carbocycles. The fourth-order valence-electron chi connectivity index (χ4n) is 1.08. The lowest BCUT2D eigenvalue weighted by atomic mass is 10.1. The maximum absolute atomic E-state index is 10.5. The zero-order valence-corrected chi connectivity index (χ0v) is 9.55. The Morgan fingerprint density at radius 1 is 1.40 bits per heavy atom. The number of aliphatic hydroxyl groups is 1. The summed E-state index contributed by atoms with van der Waals surface area (Å²) in [5, 5.41) is 19.5. The molecule has 0 amide bonds. The van der Waals surface area contributed by atoms with Gasteiger partial charge in [0.1, 0.15) is 0 Å². The molecule has 0 saturated heterocycles. The summed E-state index contributed by atoms with van der Waals surface area (Å²) in [6.07, 6.45) is 0. The van der Waals surface area contributed by atoms with Gasteiger partial charge in [0.05, 0.1) is 11.5 Å². The predicted molar refractivity (Wildman–Crippen MR) is 58.3 cm³/mol. The fraction of sp³-hybridized carbons (Fsp3) is 0.250. The molecular formula is C8H6Cl3NO3. The maximum Gasteiger partial charge on any atom is 0.269 e. The molecule has 1 aromatic rings. The van der Waals surface area contributed by atoms with Crippen LogP contribution in [0.25, 0.3) is 0 Å². The summed E-state index contributed by atoms with van der Waals surface area (Å²) >= 11 is 16.8. The van der Waals surface area contributed by atoms with Gasteiger partial charge in [0.2, 0.25) is 3.79 Å². The van der Waals surface area contributed by atoms with Crippen molar-refractivity contribution in [2.75, 3.05) is 0 Å². The van der Waals surface area contributed by atoms with E-state index < -0.39 is 8.72 Å². The maximum atomic E-state index is 10.5. The van der Waals surface area contributed by atoms with Crippen LogP contribution in [0.5, 0.6) is 0 Å². The van der Waals surface area contributed by atoms with Gasteiger partial charge in [0, 0.05) is 17.7 Å². The number of nitrogens with zero attached hydrogens (tertiary/aromatic N) is 1. The first kappa shape index (κ1) is 12.5. The van der Waals surface area contributed by atoms with Crippen LogP contribution in [0.15, 0.2) is 18.2 Å². The van der Waals surface area contributed by atoms with E-state index in [1.54, 1.807) is 0 Å². The van der Waals surface area contributed by atoms with Gasteiger partial charge >= 0.3 is 0 Å². The third-order valence-electron chi connectivity index (χ3n) is 1.78. The summed E-state index contributed by atoms with van der Waals surface area (Å²) in [6.45, 7) is -0.346. The Balaban J connectivity index is 3.32. The van der Waals surface area contributed by atoms with Gasteiger partial charge in [-0.25, -0.2) is 0 Å². The lowest BCUT2D eigenvalue weighted by Crippen LogP contribution is -2.06. The largest absolute Gasteiger partial charge is 0.392 e. The van der Waals surface area contributed by atoms with Crippen LogP contribution in [0, 0.1) is 10.1 Å². The fourth-order valence-corrected chi connectivity index (χ4v) is 1.61. The van der Waals surface area contributed by atoms with Crippen LogP contribution in [-0.4, -0.2) is 10.0 Å². The second-order valence-corrected chi connectivity index (χ2v) is 5.04. The number of benzene rings is 1. The molecule has 15 heavy (non-hydrogen) atoms. The number of alkyl halides is 3. The molecule has 1 rings (SSSR count).